The molecule has 2 rings (SSSR count). The molecule has 0 aliphatic carbocycles. The average Bonchev–Trinajstić information content (AvgIpc) is 2.67. The first-order chi connectivity index (χ1) is 7.78. The molecular weight excluding hydrogens is 200 g/mol. The molecule has 0 unspecified atom stereocenters. The standard InChI is InChI=1S/C12H18N4/c1-3-7-16-9-4-11(5-10-16)13-12-6-8-15(2)14-12/h1,6,8,11H,4-5,7,9-10H2,2H3,(H,13,14). The van der Waals surface area contributed by atoms with Gasteiger partial charge in [0.05, 0.1) is 6.54 Å². The van der Waals surface area contributed by atoms with Crippen LogP contribution in [-0.4, -0.2) is 40.4 Å². The van der Waals surface area contributed by atoms with Gasteiger partial charge in [0.2, 0.25) is 0 Å². The Morgan fingerprint density at radius 3 is 2.88 bits per heavy atom. The molecule has 1 aromatic rings. The molecular formula is C12H18N4. The van der Waals surface area contributed by atoms with Crippen molar-refractivity contribution in [2.45, 2.75) is 18.9 Å². The summed E-state index contributed by atoms with van der Waals surface area (Å²) in [5.41, 5.74) is 0. The summed E-state index contributed by atoms with van der Waals surface area (Å²) in [6.07, 6.45) is 9.53. The lowest BCUT2D eigenvalue weighted by Crippen LogP contribution is -2.39. The minimum atomic E-state index is 0.531. The van der Waals surface area contributed by atoms with E-state index in [0.29, 0.717) is 6.04 Å². The molecule has 0 radical (unpaired) electrons. The van der Waals surface area contributed by atoms with Gasteiger partial charge < -0.3 is 5.32 Å². The van der Waals surface area contributed by atoms with E-state index in [4.69, 9.17) is 6.42 Å². The third-order valence-corrected chi connectivity index (χ3v) is 2.97. The van der Waals surface area contributed by atoms with E-state index in [1.807, 2.05) is 24.0 Å². The summed E-state index contributed by atoms with van der Waals surface area (Å²) in [5.74, 6) is 3.67. The van der Waals surface area contributed by atoms with Gasteiger partial charge in [-0.25, -0.2) is 0 Å². The zero-order valence-electron chi connectivity index (χ0n) is 9.69. The van der Waals surface area contributed by atoms with Crippen LogP contribution < -0.4 is 5.32 Å². The van der Waals surface area contributed by atoms with Gasteiger partial charge in [-0.15, -0.1) is 6.42 Å². The molecule has 0 atom stereocenters. The number of likely N-dealkylation sites (tertiary alicyclic amines) is 1. The van der Waals surface area contributed by atoms with Gasteiger partial charge in [-0.05, 0) is 12.8 Å². The predicted molar refractivity (Wildman–Crippen MR) is 65.1 cm³/mol. The molecule has 0 aromatic carbocycles. The number of nitrogens with zero attached hydrogens (tertiary/aromatic N) is 3. The summed E-state index contributed by atoms with van der Waals surface area (Å²) in [7, 11) is 1.93. The van der Waals surface area contributed by atoms with Crippen LogP contribution in [0.4, 0.5) is 5.82 Å². The average molecular weight is 218 g/mol. The summed E-state index contributed by atoms with van der Waals surface area (Å²) in [6, 6.07) is 2.54. The summed E-state index contributed by atoms with van der Waals surface area (Å²) in [6.45, 7) is 2.93. The fraction of sp³-hybridized carbons (Fsp3) is 0.583. The highest BCUT2D eigenvalue weighted by atomic mass is 15.3. The minimum absolute atomic E-state index is 0.531. The molecule has 0 spiro atoms. The Kier molecular flexibility index (Phi) is 3.47. The summed E-state index contributed by atoms with van der Waals surface area (Å²) < 4.78 is 1.82. The van der Waals surface area contributed by atoms with Crippen LogP contribution in [0, 0.1) is 12.3 Å². The van der Waals surface area contributed by atoms with Gasteiger partial charge in [-0.2, -0.15) is 5.10 Å². The molecule has 1 N–H and O–H groups in total. The maximum absolute atomic E-state index is 5.30. The van der Waals surface area contributed by atoms with Crippen molar-refractivity contribution in [3.05, 3.63) is 12.3 Å². The highest BCUT2D eigenvalue weighted by Gasteiger charge is 2.18. The highest BCUT2D eigenvalue weighted by Crippen LogP contribution is 2.14. The van der Waals surface area contributed by atoms with Crippen molar-refractivity contribution < 1.29 is 0 Å². The molecule has 0 amide bonds. The Hall–Kier alpha value is -1.47. The van der Waals surface area contributed by atoms with Crippen LogP contribution in [0.5, 0.6) is 0 Å². The maximum Gasteiger partial charge on any atom is 0.148 e. The number of aromatic nitrogens is 2. The van der Waals surface area contributed by atoms with E-state index in [2.05, 4.69) is 21.2 Å². The Bertz CT molecular complexity index is 369. The van der Waals surface area contributed by atoms with Gasteiger partial charge in [0.15, 0.2) is 0 Å². The van der Waals surface area contributed by atoms with Crippen LogP contribution in [0.15, 0.2) is 12.3 Å². The molecule has 86 valence electrons. The fourth-order valence-corrected chi connectivity index (χ4v) is 2.07. The number of hydrogen-bond donors (Lipinski definition) is 1. The second-order valence-electron chi connectivity index (χ2n) is 4.27. The molecule has 0 bridgehead atoms. The Morgan fingerprint density at radius 1 is 1.56 bits per heavy atom. The third-order valence-electron chi connectivity index (χ3n) is 2.97. The van der Waals surface area contributed by atoms with Gasteiger partial charge >= 0.3 is 0 Å². The molecule has 0 saturated carbocycles. The maximum atomic E-state index is 5.30. The molecule has 1 aliphatic rings. The van der Waals surface area contributed by atoms with Gasteiger partial charge in [0.25, 0.3) is 0 Å². The normalized spacial score (nSPS) is 18.2. The molecule has 1 aromatic heterocycles. The zero-order chi connectivity index (χ0) is 11.4. The van der Waals surface area contributed by atoms with E-state index >= 15 is 0 Å². The quantitative estimate of drug-likeness (QED) is 0.766. The predicted octanol–water partition coefficient (Wildman–Crippen LogP) is 0.930. The van der Waals surface area contributed by atoms with Crippen LogP contribution >= 0.6 is 0 Å². The number of terminal acetylenes is 1. The van der Waals surface area contributed by atoms with Crippen LogP contribution in [0.3, 0.4) is 0 Å². The topological polar surface area (TPSA) is 33.1 Å². The van der Waals surface area contributed by atoms with Crippen molar-refractivity contribution >= 4 is 5.82 Å². The first-order valence-corrected chi connectivity index (χ1v) is 5.70. The lowest BCUT2D eigenvalue weighted by atomic mass is 10.1. The van der Waals surface area contributed by atoms with E-state index in [1.165, 1.54) is 0 Å². The minimum Gasteiger partial charge on any atom is -0.366 e. The first kappa shape index (κ1) is 11.0. The van der Waals surface area contributed by atoms with E-state index < -0.39 is 0 Å². The molecule has 1 saturated heterocycles. The Morgan fingerprint density at radius 2 is 2.31 bits per heavy atom. The number of piperidine rings is 1. The van der Waals surface area contributed by atoms with Crippen LogP contribution in [0.2, 0.25) is 0 Å². The molecule has 4 nitrogen and oxygen atoms in total. The lowest BCUT2D eigenvalue weighted by Gasteiger charge is -2.30. The number of rotatable bonds is 3. The van der Waals surface area contributed by atoms with Crippen molar-refractivity contribution in [1.29, 1.82) is 0 Å². The van der Waals surface area contributed by atoms with E-state index in [0.717, 1.165) is 38.3 Å². The van der Waals surface area contributed by atoms with Gasteiger partial charge in [0.1, 0.15) is 5.82 Å². The Labute approximate surface area is 96.6 Å². The molecule has 2 heterocycles. The Balaban J connectivity index is 1.79. The summed E-state index contributed by atoms with van der Waals surface area (Å²) in [4.78, 5) is 2.32. The van der Waals surface area contributed by atoms with Gasteiger partial charge in [-0.1, -0.05) is 5.92 Å². The van der Waals surface area contributed by atoms with Crippen molar-refractivity contribution in [2.24, 2.45) is 7.05 Å². The van der Waals surface area contributed by atoms with E-state index in [1.54, 1.807) is 0 Å². The first-order valence-electron chi connectivity index (χ1n) is 5.70. The summed E-state index contributed by atoms with van der Waals surface area (Å²) >= 11 is 0. The molecule has 1 aliphatic heterocycles. The highest BCUT2D eigenvalue weighted by molar-refractivity contribution is 5.33. The summed E-state index contributed by atoms with van der Waals surface area (Å²) in [5, 5.41) is 7.77. The van der Waals surface area contributed by atoms with E-state index in [9.17, 15) is 0 Å². The second-order valence-corrected chi connectivity index (χ2v) is 4.27. The van der Waals surface area contributed by atoms with Crippen molar-refractivity contribution in [3.8, 4) is 12.3 Å². The number of anilines is 1. The fourth-order valence-electron chi connectivity index (χ4n) is 2.07. The smallest absolute Gasteiger partial charge is 0.148 e. The molecule has 16 heavy (non-hydrogen) atoms. The van der Waals surface area contributed by atoms with Gasteiger partial charge in [0, 0.05) is 38.4 Å². The van der Waals surface area contributed by atoms with Crippen LogP contribution in [0.1, 0.15) is 12.8 Å². The SMILES string of the molecule is C#CCN1CCC(Nc2ccn(C)n2)CC1. The number of nitrogens with one attached hydrogen (secondary N) is 1. The monoisotopic (exact) mass is 218 g/mol. The van der Waals surface area contributed by atoms with Crippen molar-refractivity contribution in [2.75, 3.05) is 25.0 Å². The van der Waals surface area contributed by atoms with Crippen LogP contribution in [-0.2, 0) is 7.05 Å². The van der Waals surface area contributed by atoms with Crippen molar-refractivity contribution in [1.82, 2.24) is 14.7 Å². The molecule has 1 fully saturated rings. The largest absolute Gasteiger partial charge is 0.366 e. The second kappa shape index (κ2) is 5.04. The number of hydrogen-bond acceptors (Lipinski definition) is 3. The molecule has 4 heteroatoms. The van der Waals surface area contributed by atoms with Gasteiger partial charge in [-0.3, -0.25) is 9.58 Å². The zero-order valence-corrected chi connectivity index (χ0v) is 9.69. The lowest BCUT2D eigenvalue weighted by molar-refractivity contribution is 0.243. The van der Waals surface area contributed by atoms with Crippen LogP contribution in [0.25, 0.3) is 0 Å². The number of aryl methyl sites for hydroxylation is 1. The van der Waals surface area contributed by atoms with E-state index in [-0.39, 0.29) is 0 Å². The van der Waals surface area contributed by atoms with Crippen molar-refractivity contribution in [3.63, 3.8) is 0 Å². The third kappa shape index (κ3) is 2.77.